The monoisotopic (exact) mass is 521 g/mol. The van der Waals surface area contributed by atoms with Crippen molar-refractivity contribution in [2.45, 2.75) is 37.9 Å². The Bertz CT molecular complexity index is 1250. The molecule has 3 aromatic rings. The minimum absolute atomic E-state index is 0. The average Bonchev–Trinajstić information content (AvgIpc) is 3.56. The number of rotatable bonds is 7. The third kappa shape index (κ3) is 5.89. The highest BCUT2D eigenvalue weighted by atomic mass is 35.5. The summed E-state index contributed by atoms with van der Waals surface area (Å²) in [5.74, 6) is 1.68. The maximum atomic E-state index is 13.3. The summed E-state index contributed by atoms with van der Waals surface area (Å²) >= 11 is 0. The van der Waals surface area contributed by atoms with Crippen molar-refractivity contribution in [2.24, 2.45) is 0 Å². The molecule has 2 aliphatic heterocycles. The summed E-state index contributed by atoms with van der Waals surface area (Å²) in [4.78, 5) is 27.9. The van der Waals surface area contributed by atoms with E-state index in [1.54, 1.807) is 14.2 Å². The zero-order valence-corrected chi connectivity index (χ0v) is 21.8. The lowest BCUT2D eigenvalue weighted by Crippen LogP contribution is -2.40. The molecule has 0 aromatic heterocycles. The lowest BCUT2D eigenvalue weighted by Gasteiger charge is -2.20. The first kappa shape index (κ1) is 26.5. The van der Waals surface area contributed by atoms with E-state index in [9.17, 15) is 9.59 Å². The number of ether oxygens (including phenoxy) is 2. The van der Waals surface area contributed by atoms with Gasteiger partial charge < -0.3 is 25.0 Å². The molecule has 2 heterocycles. The fourth-order valence-electron chi connectivity index (χ4n) is 5.10. The fourth-order valence-corrected chi connectivity index (χ4v) is 5.10. The van der Waals surface area contributed by atoms with Crippen LogP contribution in [0.4, 0.5) is 5.69 Å². The second-order valence-electron chi connectivity index (χ2n) is 9.39. The van der Waals surface area contributed by atoms with Gasteiger partial charge in [0.1, 0.15) is 11.5 Å². The van der Waals surface area contributed by atoms with Gasteiger partial charge in [-0.3, -0.25) is 9.59 Å². The number of benzene rings is 3. The van der Waals surface area contributed by atoms with Crippen LogP contribution in [-0.2, 0) is 29.1 Å². The highest BCUT2D eigenvalue weighted by Gasteiger charge is 2.35. The van der Waals surface area contributed by atoms with Crippen LogP contribution in [0.3, 0.4) is 0 Å². The van der Waals surface area contributed by atoms with E-state index < -0.39 is 0 Å². The van der Waals surface area contributed by atoms with Crippen molar-refractivity contribution in [3.8, 4) is 11.5 Å². The summed E-state index contributed by atoms with van der Waals surface area (Å²) in [7, 11) is 3.20. The van der Waals surface area contributed by atoms with Crippen LogP contribution in [-0.4, -0.2) is 43.5 Å². The van der Waals surface area contributed by atoms with Gasteiger partial charge >= 0.3 is 0 Å². The van der Waals surface area contributed by atoms with Gasteiger partial charge in [0.2, 0.25) is 11.8 Å². The van der Waals surface area contributed by atoms with E-state index >= 15 is 0 Å². The smallest absolute Gasteiger partial charge is 0.240 e. The first-order valence-electron chi connectivity index (χ1n) is 12.2. The van der Waals surface area contributed by atoms with E-state index in [4.69, 9.17) is 9.47 Å². The van der Waals surface area contributed by atoms with Crippen LogP contribution >= 0.6 is 12.4 Å². The minimum atomic E-state index is -0.185. The Morgan fingerprint density at radius 2 is 1.68 bits per heavy atom. The molecule has 0 bridgehead atoms. The average molecular weight is 522 g/mol. The molecule has 0 unspecified atom stereocenters. The summed E-state index contributed by atoms with van der Waals surface area (Å²) in [5.41, 5.74) is 4.85. The van der Waals surface area contributed by atoms with E-state index in [1.807, 2.05) is 59.5 Å². The minimum Gasteiger partial charge on any atom is -0.497 e. The van der Waals surface area contributed by atoms with E-state index in [0.29, 0.717) is 30.4 Å². The van der Waals surface area contributed by atoms with Gasteiger partial charge in [-0.2, -0.15) is 0 Å². The maximum absolute atomic E-state index is 13.3. The number of fused-ring (bicyclic) bond motifs is 1. The SMILES string of the molecule is COc1ccc(CC(=O)Nc2cc3c(cc2OC)CN(C(=O)[C@H]2C[C@@H](c4ccccc4)CN2)C3)cc1.Cl. The molecule has 2 aliphatic rings. The lowest BCUT2D eigenvalue weighted by atomic mass is 9.96. The number of carbonyl (C=O) groups excluding carboxylic acids is 2. The molecule has 5 rings (SSSR count). The standard InChI is InChI=1S/C29H31N3O4.ClH/c1-35-24-10-8-19(9-11-24)12-28(33)31-25-14-22-17-32(18-23(22)15-27(25)36-2)29(34)26-13-21(16-30-26)20-6-4-3-5-7-20;/h3-11,14-15,21,26,30H,12-13,16-18H2,1-2H3,(H,31,33);1H/t21-,26-;/m1./s1. The van der Waals surface area contributed by atoms with Crippen LogP contribution in [0.1, 0.15) is 34.6 Å². The van der Waals surface area contributed by atoms with Crippen LogP contribution in [0, 0.1) is 0 Å². The van der Waals surface area contributed by atoms with Crippen LogP contribution < -0.4 is 20.1 Å². The first-order chi connectivity index (χ1) is 17.5. The molecular weight excluding hydrogens is 490 g/mol. The number of methoxy groups -OCH3 is 2. The summed E-state index contributed by atoms with van der Waals surface area (Å²) in [6, 6.07) is 21.5. The molecule has 2 atom stereocenters. The zero-order valence-electron chi connectivity index (χ0n) is 21.0. The number of carbonyl (C=O) groups is 2. The van der Waals surface area contributed by atoms with Gasteiger partial charge in [0, 0.05) is 19.6 Å². The van der Waals surface area contributed by atoms with Crippen molar-refractivity contribution in [3.05, 3.63) is 89.0 Å². The van der Waals surface area contributed by atoms with Crippen molar-refractivity contribution in [2.75, 3.05) is 26.1 Å². The molecule has 8 heteroatoms. The Kier molecular flexibility index (Phi) is 8.36. The Morgan fingerprint density at radius 1 is 0.973 bits per heavy atom. The maximum Gasteiger partial charge on any atom is 0.240 e. The van der Waals surface area contributed by atoms with Gasteiger partial charge in [-0.05, 0) is 58.9 Å². The van der Waals surface area contributed by atoms with Crippen molar-refractivity contribution in [1.29, 1.82) is 0 Å². The highest BCUT2D eigenvalue weighted by molar-refractivity contribution is 5.94. The summed E-state index contributed by atoms with van der Waals surface area (Å²) in [6.45, 7) is 1.87. The number of nitrogens with zero attached hydrogens (tertiary/aromatic N) is 1. The number of hydrogen-bond donors (Lipinski definition) is 2. The molecule has 0 radical (unpaired) electrons. The number of nitrogens with one attached hydrogen (secondary N) is 2. The molecule has 3 aromatic carbocycles. The molecule has 2 amide bonds. The van der Waals surface area contributed by atoms with Crippen LogP contribution in [0.15, 0.2) is 66.7 Å². The van der Waals surface area contributed by atoms with E-state index in [2.05, 4.69) is 22.8 Å². The van der Waals surface area contributed by atoms with E-state index in [0.717, 1.165) is 35.4 Å². The van der Waals surface area contributed by atoms with Crippen LogP contribution in [0.2, 0.25) is 0 Å². The first-order valence-corrected chi connectivity index (χ1v) is 12.2. The number of amides is 2. The molecular formula is C29H32ClN3O4. The third-order valence-corrected chi connectivity index (χ3v) is 7.05. The Hall–Kier alpha value is -3.55. The molecule has 0 aliphatic carbocycles. The molecule has 0 spiro atoms. The van der Waals surface area contributed by atoms with Gasteiger partial charge in [0.05, 0.1) is 32.4 Å². The topological polar surface area (TPSA) is 79.9 Å². The molecule has 1 saturated heterocycles. The van der Waals surface area contributed by atoms with Gasteiger partial charge in [0.15, 0.2) is 0 Å². The summed E-state index contributed by atoms with van der Waals surface area (Å²) in [6.07, 6.45) is 1.04. The largest absolute Gasteiger partial charge is 0.497 e. The van der Waals surface area contributed by atoms with Gasteiger partial charge in [-0.25, -0.2) is 0 Å². The predicted octanol–water partition coefficient (Wildman–Crippen LogP) is 4.29. The van der Waals surface area contributed by atoms with Crippen molar-refractivity contribution < 1.29 is 19.1 Å². The molecule has 2 N–H and O–H groups in total. The van der Waals surface area contributed by atoms with Gasteiger partial charge in [-0.15, -0.1) is 12.4 Å². The molecule has 37 heavy (non-hydrogen) atoms. The molecule has 194 valence electrons. The third-order valence-electron chi connectivity index (χ3n) is 7.05. The van der Waals surface area contributed by atoms with E-state index in [-0.39, 0.29) is 36.7 Å². The molecule has 0 saturated carbocycles. The summed E-state index contributed by atoms with van der Waals surface area (Å²) < 4.78 is 10.7. The Morgan fingerprint density at radius 3 is 2.35 bits per heavy atom. The zero-order chi connectivity index (χ0) is 25.1. The number of anilines is 1. The van der Waals surface area contributed by atoms with Gasteiger partial charge in [0.25, 0.3) is 0 Å². The lowest BCUT2D eigenvalue weighted by molar-refractivity contribution is -0.133. The quantitative estimate of drug-likeness (QED) is 0.485. The molecule has 1 fully saturated rings. The van der Waals surface area contributed by atoms with Gasteiger partial charge in [-0.1, -0.05) is 42.5 Å². The number of halogens is 1. The second-order valence-corrected chi connectivity index (χ2v) is 9.39. The fraction of sp³-hybridized carbons (Fsp3) is 0.310. The van der Waals surface area contributed by atoms with Crippen molar-refractivity contribution >= 4 is 29.9 Å². The highest BCUT2D eigenvalue weighted by Crippen LogP contribution is 2.35. The second kappa shape index (κ2) is 11.7. The Balaban J connectivity index is 0.00000320. The Labute approximate surface area is 223 Å². The van der Waals surface area contributed by atoms with E-state index in [1.165, 1.54) is 5.56 Å². The number of hydrogen-bond acceptors (Lipinski definition) is 5. The van der Waals surface area contributed by atoms with Crippen molar-refractivity contribution in [3.63, 3.8) is 0 Å². The molecule has 7 nitrogen and oxygen atoms in total. The normalized spacial score (nSPS) is 18.1. The summed E-state index contributed by atoms with van der Waals surface area (Å²) in [5, 5.41) is 6.40. The van der Waals surface area contributed by atoms with Crippen LogP contribution in [0.25, 0.3) is 0 Å². The van der Waals surface area contributed by atoms with Crippen LogP contribution in [0.5, 0.6) is 11.5 Å². The predicted molar refractivity (Wildman–Crippen MR) is 145 cm³/mol. The van der Waals surface area contributed by atoms with Crippen molar-refractivity contribution in [1.82, 2.24) is 10.2 Å².